The molecule has 4 heteroatoms. The molecule has 0 spiro atoms. The van der Waals surface area contributed by atoms with Gasteiger partial charge in [0.15, 0.2) is 0 Å². The Morgan fingerprint density at radius 3 is 0.913 bits per heavy atom. The lowest BCUT2D eigenvalue weighted by atomic mass is 9.57. The van der Waals surface area contributed by atoms with Gasteiger partial charge in [-0.3, -0.25) is 0 Å². The molecule has 0 unspecified atom stereocenters. The van der Waals surface area contributed by atoms with Crippen LogP contribution >= 0.6 is 0 Å². The highest BCUT2D eigenvalue weighted by Crippen LogP contribution is 2.54. The maximum Gasteiger partial charge on any atom is 0.118 e. The first-order valence-corrected chi connectivity index (χ1v) is 17.1. The zero-order chi connectivity index (χ0) is 32.8. The number of benzene rings is 4. The van der Waals surface area contributed by atoms with E-state index in [1.54, 1.807) is 0 Å². The Bertz CT molecular complexity index is 1490. The second-order valence-corrected chi connectivity index (χ2v) is 14.7. The minimum absolute atomic E-state index is 0.137. The minimum atomic E-state index is -0.137. The Morgan fingerprint density at radius 2 is 0.696 bits per heavy atom. The molecule has 0 aliphatic heterocycles. The van der Waals surface area contributed by atoms with Gasteiger partial charge in [-0.1, -0.05) is 55.5 Å². The number of hydrogen-bond donors (Lipinski definition) is 4. The Morgan fingerprint density at radius 1 is 0.457 bits per heavy atom. The largest absolute Gasteiger partial charge is 0.508 e. The molecular formula is C42H50O4. The Labute approximate surface area is 274 Å². The van der Waals surface area contributed by atoms with Crippen molar-refractivity contribution in [1.82, 2.24) is 0 Å². The lowest BCUT2D eigenvalue weighted by Crippen LogP contribution is -2.39. The molecule has 0 atom stereocenters. The maximum absolute atomic E-state index is 10.3. The minimum Gasteiger partial charge on any atom is -0.508 e. The highest BCUT2D eigenvalue weighted by Gasteiger charge is 2.44. The van der Waals surface area contributed by atoms with Crippen molar-refractivity contribution in [2.24, 2.45) is 17.8 Å². The smallest absolute Gasteiger partial charge is 0.118 e. The van der Waals surface area contributed by atoms with Gasteiger partial charge < -0.3 is 20.4 Å². The van der Waals surface area contributed by atoms with Crippen LogP contribution in [0.5, 0.6) is 23.0 Å². The number of rotatable bonds is 6. The highest BCUT2D eigenvalue weighted by molar-refractivity contribution is 5.49. The number of hydrogen-bond acceptors (Lipinski definition) is 4. The Kier molecular flexibility index (Phi) is 8.61. The summed E-state index contributed by atoms with van der Waals surface area (Å²) in [6.07, 6.45) is 8.79. The van der Waals surface area contributed by atoms with Crippen molar-refractivity contribution in [2.45, 2.75) is 96.8 Å². The van der Waals surface area contributed by atoms with E-state index in [9.17, 15) is 20.4 Å². The number of phenolic OH excluding ortho intramolecular Hbond substituents is 4. The molecule has 2 saturated carbocycles. The molecule has 0 saturated heterocycles. The van der Waals surface area contributed by atoms with Crippen LogP contribution in [0.4, 0.5) is 0 Å². The maximum atomic E-state index is 10.3. The fraction of sp³-hybridized carbons (Fsp3) is 0.429. The molecule has 4 N–H and O–H groups in total. The zero-order valence-electron chi connectivity index (χ0n) is 28.1. The molecule has 4 aromatic carbocycles. The quantitative estimate of drug-likeness (QED) is 0.173. The van der Waals surface area contributed by atoms with E-state index in [0.717, 1.165) is 73.6 Å². The van der Waals surface area contributed by atoms with Crippen molar-refractivity contribution in [3.05, 3.63) is 117 Å². The van der Waals surface area contributed by atoms with Gasteiger partial charge in [0, 0.05) is 10.8 Å². The summed E-state index contributed by atoms with van der Waals surface area (Å²) in [4.78, 5) is 0. The fourth-order valence-electron chi connectivity index (χ4n) is 9.00. The van der Waals surface area contributed by atoms with E-state index < -0.39 is 0 Å². The second-order valence-electron chi connectivity index (χ2n) is 14.7. The highest BCUT2D eigenvalue weighted by atomic mass is 16.3. The first-order valence-electron chi connectivity index (χ1n) is 17.1. The molecule has 242 valence electrons. The van der Waals surface area contributed by atoms with Crippen LogP contribution in [-0.4, -0.2) is 20.4 Å². The van der Waals surface area contributed by atoms with Crippen LogP contribution in [0.15, 0.2) is 72.8 Å². The summed E-state index contributed by atoms with van der Waals surface area (Å²) >= 11 is 0. The van der Waals surface area contributed by atoms with Gasteiger partial charge in [-0.2, -0.15) is 0 Å². The molecule has 4 nitrogen and oxygen atoms in total. The molecule has 2 fully saturated rings. The van der Waals surface area contributed by atoms with Crippen LogP contribution in [0.3, 0.4) is 0 Å². The lowest BCUT2D eigenvalue weighted by molar-refractivity contribution is 0.120. The van der Waals surface area contributed by atoms with Crippen LogP contribution in [0.1, 0.15) is 103 Å². The van der Waals surface area contributed by atoms with E-state index in [1.807, 2.05) is 52.0 Å². The molecule has 0 heterocycles. The van der Waals surface area contributed by atoms with Gasteiger partial charge in [0.1, 0.15) is 23.0 Å². The van der Waals surface area contributed by atoms with E-state index in [1.165, 1.54) is 22.3 Å². The van der Waals surface area contributed by atoms with Gasteiger partial charge in [0.25, 0.3) is 0 Å². The predicted octanol–water partition coefficient (Wildman–Crippen LogP) is 10.0. The molecular weight excluding hydrogens is 568 g/mol. The summed E-state index contributed by atoms with van der Waals surface area (Å²) in [5, 5.41) is 41.3. The van der Waals surface area contributed by atoms with E-state index >= 15 is 0 Å². The predicted molar refractivity (Wildman–Crippen MR) is 186 cm³/mol. The molecule has 2 aliphatic carbocycles. The van der Waals surface area contributed by atoms with Crippen molar-refractivity contribution in [3.8, 4) is 23.0 Å². The van der Waals surface area contributed by atoms with Crippen LogP contribution in [0.2, 0.25) is 0 Å². The molecule has 0 aromatic heterocycles. The summed E-state index contributed by atoms with van der Waals surface area (Å²) in [7, 11) is 0. The summed E-state index contributed by atoms with van der Waals surface area (Å²) in [5.41, 5.74) is 8.38. The van der Waals surface area contributed by atoms with Crippen molar-refractivity contribution in [3.63, 3.8) is 0 Å². The van der Waals surface area contributed by atoms with Crippen LogP contribution < -0.4 is 0 Å². The van der Waals surface area contributed by atoms with Gasteiger partial charge in [-0.15, -0.1) is 0 Å². The van der Waals surface area contributed by atoms with E-state index in [0.29, 0.717) is 40.8 Å². The van der Waals surface area contributed by atoms with E-state index in [2.05, 4.69) is 55.5 Å². The van der Waals surface area contributed by atoms with Crippen molar-refractivity contribution >= 4 is 0 Å². The average molecular weight is 619 g/mol. The number of phenols is 4. The first kappa shape index (κ1) is 32.0. The van der Waals surface area contributed by atoms with Gasteiger partial charge >= 0.3 is 0 Å². The normalized spacial score (nSPS) is 18.6. The Balaban J connectivity index is 1.23. The topological polar surface area (TPSA) is 80.9 Å². The van der Waals surface area contributed by atoms with Gasteiger partial charge in [-0.05, 0) is 166 Å². The van der Waals surface area contributed by atoms with Gasteiger partial charge in [0.05, 0.1) is 0 Å². The van der Waals surface area contributed by atoms with E-state index in [4.69, 9.17) is 0 Å². The average Bonchev–Trinajstić information content (AvgIpc) is 3.06. The SMILES string of the molecule is Cc1cc(C2(c3ccc(O)c(C)c3)CCC(C(C)C3CCC(c4ccc(O)c(C)c4)(c4ccc(O)c(C)c4)CC3)CC2)ccc1O. The molecule has 6 rings (SSSR count). The molecule has 4 aromatic rings. The number of aromatic hydroxyl groups is 4. The van der Waals surface area contributed by atoms with Gasteiger partial charge in [-0.25, -0.2) is 0 Å². The third-order valence-corrected chi connectivity index (χ3v) is 12.3. The second kappa shape index (κ2) is 12.4. The van der Waals surface area contributed by atoms with Crippen molar-refractivity contribution in [1.29, 1.82) is 0 Å². The van der Waals surface area contributed by atoms with Crippen molar-refractivity contribution < 1.29 is 20.4 Å². The van der Waals surface area contributed by atoms with E-state index in [-0.39, 0.29) is 10.8 Å². The van der Waals surface area contributed by atoms with Crippen LogP contribution in [0, 0.1) is 45.4 Å². The summed E-state index contributed by atoms with van der Waals surface area (Å²) < 4.78 is 0. The first-order chi connectivity index (χ1) is 21.9. The van der Waals surface area contributed by atoms with Gasteiger partial charge in [0.2, 0.25) is 0 Å². The molecule has 0 amide bonds. The summed E-state index contributed by atoms with van der Waals surface area (Å²) in [6, 6.07) is 24.4. The summed E-state index contributed by atoms with van der Waals surface area (Å²) in [5.74, 6) is 3.25. The third kappa shape index (κ3) is 5.65. The number of aryl methyl sites for hydroxylation is 4. The molecule has 46 heavy (non-hydrogen) atoms. The monoisotopic (exact) mass is 618 g/mol. The molecule has 0 radical (unpaired) electrons. The van der Waals surface area contributed by atoms with Crippen LogP contribution in [0.25, 0.3) is 0 Å². The molecule has 0 bridgehead atoms. The zero-order valence-corrected chi connectivity index (χ0v) is 28.1. The third-order valence-electron chi connectivity index (χ3n) is 12.3. The standard InChI is InChI=1S/C42H50O4/c1-26-22-33(6-10-37(26)43)41(34-7-11-38(44)27(2)23-34)18-14-31(15-19-41)30(5)32-16-20-42(21-17-32,35-8-12-39(45)28(3)24-35)36-9-13-40(46)29(4)25-36/h6-13,22-25,30-32,43-46H,14-21H2,1-5H3. The molecule has 2 aliphatic rings. The lowest BCUT2D eigenvalue weighted by Gasteiger charge is -2.47. The van der Waals surface area contributed by atoms with Crippen LogP contribution in [-0.2, 0) is 10.8 Å². The van der Waals surface area contributed by atoms with Crippen molar-refractivity contribution in [2.75, 3.05) is 0 Å². The fourth-order valence-corrected chi connectivity index (χ4v) is 9.00. The Hall–Kier alpha value is -3.92. The summed E-state index contributed by atoms with van der Waals surface area (Å²) in [6.45, 7) is 10.4.